The number of nitrogens with zero attached hydrogens (tertiary/aromatic N) is 2. The molecule has 1 amide bonds. The molecule has 0 bridgehead atoms. The van der Waals surface area contributed by atoms with Crippen molar-refractivity contribution < 1.29 is 9.72 Å². The van der Waals surface area contributed by atoms with E-state index in [-0.39, 0.29) is 29.4 Å². The number of carbonyl (C=O) groups excluding carboxylic acids is 1. The number of hydrogen-bond donors (Lipinski definition) is 1. The van der Waals surface area contributed by atoms with Gasteiger partial charge in [-0.15, -0.1) is 12.4 Å². The first-order valence-electron chi connectivity index (χ1n) is 6.19. The number of likely N-dealkylation sites (tertiary alicyclic amines) is 1. The lowest BCUT2D eigenvalue weighted by Crippen LogP contribution is -2.34. The Balaban J connectivity index is 0.00000200. The highest BCUT2D eigenvalue weighted by Crippen LogP contribution is 2.29. The zero-order chi connectivity index (χ0) is 14.0. The molecule has 0 spiro atoms. The van der Waals surface area contributed by atoms with E-state index in [0.29, 0.717) is 25.2 Å². The Morgan fingerprint density at radius 1 is 1.55 bits per heavy atom. The van der Waals surface area contributed by atoms with Crippen LogP contribution in [0.25, 0.3) is 0 Å². The third-order valence-corrected chi connectivity index (χ3v) is 3.64. The van der Waals surface area contributed by atoms with Gasteiger partial charge < -0.3 is 10.6 Å². The molecule has 1 atom stereocenters. The Morgan fingerprint density at radius 2 is 2.25 bits per heavy atom. The molecule has 1 fully saturated rings. The molecule has 0 radical (unpaired) electrons. The van der Waals surface area contributed by atoms with Gasteiger partial charge in [0.2, 0.25) is 0 Å². The van der Waals surface area contributed by atoms with Crippen LogP contribution in [-0.4, -0.2) is 35.4 Å². The van der Waals surface area contributed by atoms with Crippen molar-refractivity contribution in [2.75, 3.05) is 19.6 Å². The molecule has 1 saturated heterocycles. The minimum Gasteiger partial charge on any atom is -0.338 e. The van der Waals surface area contributed by atoms with Gasteiger partial charge in [-0.2, -0.15) is 0 Å². The molecule has 6 nitrogen and oxygen atoms in total. The van der Waals surface area contributed by atoms with Crippen LogP contribution in [0.1, 0.15) is 23.7 Å². The van der Waals surface area contributed by atoms with Gasteiger partial charge in [0.05, 0.1) is 4.92 Å². The summed E-state index contributed by atoms with van der Waals surface area (Å²) in [7, 11) is 0. The molecule has 110 valence electrons. The third-order valence-electron chi connectivity index (χ3n) is 3.64. The van der Waals surface area contributed by atoms with Crippen molar-refractivity contribution in [3.63, 3.8) is 0 Å². The maximum Gasteiger partial charge on any atom is 0.270 e. The number of carbonyl (C=O) groups is 1. The van der Waals surface area contributed by atoms with E-state index in [1.807, 2.05) is 6.92 Å². The number of nitro benzene ring substituents is 1. The second-order valence-corrected chi connectivity index (χ2v) is 5.30. The molecule has 1 aliphatic heterocycles. The summed E-state index contributed by atoms with van der Waals surface area (Å²) in [6, 6.07) is 5.84. The highest BCUT2D eigenvalue weighted by atomic mass is 35.5. The third kappa shape index (κ3) is 3.26. The van der Waals surface area contributed by atoms with Gasteiger partial charge >= 0.3 is 0 Å². The van der Waals surface area contributed by atoms with Crippen LogP contribution in [0.5, 0.6) is 0 Å². The van der Waals surface area contributed by atoms with E-state index in [1.54, 1.807) is 11.0 Å². The Hall–Kier alpha value is -1.66. The van der Waals surface area contributed by atoms with Crippen molar-refractivity contribution in [2.24, 2.45) is 11.1 Å². The lowest BCUT2D eigenvalue weighted by atomic mass is 9.90. The minimum atomic E-state index is -0.495. The van der Waals surface area contributed by atoms with Crippen molar-refractivity contribution in [1.82, 2.24) is 4.90 Å². The Kier molecular flexibility index (Phi) is 5.08. The number of nitrogens with two attached hydrogens (primary N) is 1. The maximum atomic E-state index is 12.3. The summed E-state index contributed by atoms with van der Waals surface area (Å²) in [5, 5.41) is 10.7. The Morgan fingerprint density at radius 3 is 2.80 bits per heavy atom. The van der Waals surface area contributed by atoms with Gasteiger partial charge in [-0.25, -0.2) is 0 Å². The van der Waals surface area contributed by atoms with Crippen LogP contribution < -0.4 is 5.73 Å². The number of halogens is 1. The van der Waals surface area contributed by atoms with E-state index in [0.717, 1.165) is 6.42 Å². The van der Waals surface area contributed by atoms with Crippen molar-refractivity contribution >= 4 is 24.0 Å². The first-order chi connectivity index (χ1) is 8.95. The topological polar surface area (TPSA) is 89.5 Å². The molecular formula is C13H18ClN3O3. The molecule has 0 aromatic heterocycles. The van der Waals surface area contributed by atoms with Gasteiger partial charge in [0.25, 0.3) is 11.6 Å². The van der Waals surface area contributed by atoms with Gasteiger partial charge in [0.15, 0.2) is 0 Å². The smallest absolute Gasteiger partial charge is 0.270 e. The van der Waals surface area contributed by atoms with E-state index < -0.39 is 4.92 Å². The summed E-state index contributed by atoms with van der Waals surface area (Å²) < 4.78 is 0. The number of benzene rings is 1. The van der Waals surface area contributed by atoms with Crippen molar-refractivity contribution in [2.45, 2.75) is 13.3 Å². The standard InChI is InChI=1S/C13H17N3O3.ClH/c1-13(8-14)5-6-15(9-13)12(17)10-3-2-4-11(7-10)16(18)19;/h2-4,7H,5-6,8-9,14H2,1H3;1H. The zero-order valence-electron chi connectivity index (χ0n) is 11.2. The summed E-state index contributed by atoms with van der Waals surface area (Å²) in [5.74, 6) is -0.166. The van der Waals surface area contributed by atoms with Crippen LogP contribution in [0.15, 0.2) is 24.3 Å². The van der Waals surface area contributed by atoms with Crippen LogP contribution in [-0.2, 0) is 0 Å². The van der Waals surface area contributed by atoms with Gasteiger partial charge in [0.1, 0.15) is 0 Å². The fraction of sp³-hybridized carbons (Fsp3) is 0.462. The Labute approximate surface area is 123 Å². The highest BCUT2D eigenvalue weighted by molar-refractivity contribution is 5.95. The summed E-state index contributed by atoms with van der Waals surface area (Å²) >= 11 is 0. The second kappa shape index (κ2) is 6.19. The first kappa shape index (κ1) is 16.4. The number of nitro groups is 1. The van der Waals surface area contributed by atoms with Crippen molar-refractivity contribution in [1.29, 1.82) is 0 Å². The molecule has 0 aliphatic carbocycles. The van der Waals surface area contributed by atoms with Crippen LogP contribution >= 0.6 is 12.4 Å². The highest BCUT2D eigenvalue weighted by Gasteiger charge is 2.35. The number of rotatable bonds is 3. The van der Waals surface area contributed by atoms with E-state index >= 15 is 0 Å². The number of amides is 1. The van der Waals surface area contributed by atoms with Crippen LogP contribution in [0, 0.1) is 15.5 Å². The molecule has 1 unspecified atom stereocenters. The SMILES string of the molecule is CC1(CN)CCN(C(=O)c2cccc([N+](=O)[O-])c2)C1.Cl. The fourth-order valence-electron chi connectivity index (χ4n) is 2.30. The lowest BCUT2D eigenvalue weighted by Gasteiger charge is -2.22. The average Bonchev–Trinajstić information content (AvgIpc) is 2.81. The van der Waals surface area contributed by atoms with E-state index in [1.165, 1.54) is 18.2 Å². The molecular weight excluding hydrogens is 282 g/mol. The largest absolute Gasteiger partial charge is 0.338 e. The van der Waals surface area contributed by atoms with Gasteiger partial charge in [-0.3, -0.25) is 14.9 Å². The maximum absolute atomic E-state index is 12.3. The monoisotopic (exact) mass is 299 g/mol. The summed E-state index contributed by atoms with van der Waals surface area (Å²) in [6.07, 6.45) is 0.865. The molecule has 1 heterocycles. The predicted octanol–water partition coefficient (Wildman–Crippen LogP) is 1.83. The quantitative estimate of drug-likeness (QED) is 0.681. The number of non-ortho nitro benzene ring substituents is 1. The molecule has 2 rings (SSSR count). The molecule has 7 heteroatoms. The molecule has 1 aromatic rings. The molecule has 1 aliphatic rings. The van der Waals surface area contributed by atoms with Gasteiger partial charge in [0, 0.05) is 30.8 Å². The lowest BCUT2D eigenvalue weighted by molar-refractivity contribution is -0.384. The van der Waals surface area contributed by atoms with Gasteiger partial charge in [-0.05, 0) is 24.4 Å². The molecule has 0 saturated carbocycles. The van der Waals surface area contributed by atoms with Crippen molar-refractivity contribution in [3.05, 3.63) is 39.9 Å². The van der Waals surface area contributed by atoms with E-state index in [9.17, 15) is 14.9 Å². The van der Waals surface area contributed by atoms with Crippen LogP contribution in [0.2, 0.25) is 0 Å². The normalized spacial score (nSPS) is 21.4. The second-order valence-electron chi connectivity index (χ2n) is 5.30. The fourth-order valence-corrected chi connectivity index (χ4v) is 2.30. The Bertz CT molecular complexity index is 523. The average molecular weight is 300 g/mol. The van der Waals surface area contributed by atoms with Gasteiger partial charge in [-0.1, -0.05) is 13.0 Å². The minimum absolute atomic E-state index is 0. The summed E-state index contributed by atoms with van der Waals surface area (Å²) in [6.45, 7) is 3.83. The first-order valence-corrected chi connectivity index (χ1v) is 6.19. The van der Waals surface area contributed by atoms with Crippen LogP contribution in [0.3, 0.4) is 0 Å². The molecule has 1 aromatic carbocycles. The van der Waals surface area contributed by atoms with Crippen molar-refractivity contribution in [3.8, 4) is 0 Å². The number of hydrogen-bond acceptors (Lipinski definition) is 4. The van der Waals surface area contributed by atoms with Crippen LogP contribution in [0.4, 0.5) is 5.69 Å². The molecule has 20 heavy (non-hydrogen) atoms. The summed E-state index contributed by atoms with van der Waals surface area (Å²) in [5.41, 5.74) is 5.95. The van der Waals surface area contributed by atoms with E-state index in [2.05, 4.69) is 0 Å². The molecule has 2 N–H and O–H groups in total. The summed E-state index contributed by atoms with van der Waals surface area (Å²) in [4.78, 5) is 24.2. The zero-order valence-corrected chi connectivity index (χ0v) is 12.1. The van der Waals surface area contributed by atoms with E-state index in [4.69, 9.17) is 5.73 Å². The predicted molar refractivity (Wildman–Crippen MR) is 78.0 cm³/mol.